The van der Waals surface area contributed by atoms with Crippen molar-refractivity contribution in [2.24, 2.45) is 0 Å². The molecule has 5 heteroatoms. The van der Waals surface area contributed by atoms with Gasteiger partial charge in [0.15, 0.2) is 0 Å². The van der Waals surface area contributed by atoms with Gasteiger partial charge in [-0.15, -0.1) is 0 Å². The van der Waals surface area contributed by atoms with E-state index in [0.717, 1.165) is 25.7 Å². The highest BCUT2D eigenvalue weighted by molar-refractivity contribution is 5.91. The second kappa shape index (κ2) is 8.91. The van der Waals surface area contributed by atoms with Gasteiger partial charge >= 0.3 is 11.9 Å². The summed E-state index contributed by atoms with van der Waals surface area (Å²) in [7, 11) is 0. The van der Waals surface area contributed by atoms with Crippen LogP contribution in [0.4, 0.5) is 0 Å². The van der Waals surface area contributed by atoms with E-state index in [2.05, 4.69) is 6.58 Å². The summed E-state index contributed by atoms with van der Waals surface area (Å²) in [5.41, 5.74) is -0.162. The topological polar surface area (TPSA) is 83.8 Å². The average molecular weight is 230 g/mol. The summed E-state index contributed by atoms with van der Waals surface area (Å²) in [5, 5.41) is 17.0. The van der Waals surface area contributed by atoms with Crippen molar-refractivity contribution in [3.63, 3.8) is 0 Å². The van der Waals surface area contributed by atoms with Gasteiger partial charge in [-0.05, 0) is 19.3 Å². The predicted molar refractivity (Wildman–Crippen MR) is 57.9 cm³/mol. The van der Waals surface area contributed by atoms with Crippen LogP contribution in [0.5, 0.6) is 0 Å². The Bertz CT molecular complexity index is 247. The molecule has 0 aliphatic rings. The molecule has 0 atom stereocenters. The van der Waals surface area contributed by atoms with Crippen LogP contribution in [0, 0.1) is 0 Å². The fourth-order valence-electron chi connectivity index (χ4n) is 1.05. The largest absolute Gasteiger partial charge is 0.478 e. The number of unbranched alkanes of at least 4 members (excludes halogenated alkanes) is 3. The fourth-order valence-corrected chi connectivity index (χ4v) is 1.05. The van der Waals surface area contributed by atoms with E-state index in [9.17, 15) is 9.59 Å². The lowest BCUT2D eigenvalue weighted by atomic mass is 10.2. The number of carbonyl (C=O) groups excluding carboxylic acids is 1. The van der Waals surface area contributed by atoms with E-state index in [1.165, 1.54) is 0 Å². The number of carbonyl (C=O) groups is 2. The Morgan fingerprint density at radius 2 is 1.75 bits per heavy atom. The summed E-state index contributed by atoms with van der Waals surface area (Å²) >= 11 is 0. The number of esters is 1. The number of ether oxygens (including phenoxy) is 1. The lowest BCUT2D eigenvalue weighted by Gasteiger charge is -2.04. The van der Waals surface area contributed by atoms with Crippen LogP contribution in [-0.4, -0.2) is 35.4 Å². The van der Waals surface area contributed by atoms with E-state index >= 15 is 0 Å². The molecule has 0 radical (unpaired) electrons. The standard InChI is InChI=1S/C11H18O5/c1-9(11(14)15)8-10(13)16-7-5-3-2-4-6-12/h12H,1-8H2,(H,14,15). The number of carboxylic acids is 1. The van der Waals surface area contributed by atoms with Gasteiger partial charge in [0.1, 0.15) is 0 Å². The van der Waals surface area contributed by atoms with E-state index in [-0.39, 0.29) is 25.2 Å². The third-order valence-corrected chi connectivity index (χ3v) is 1.98. The van der Waals surface area contributed by atoms with Crippen LogP contribution in [0.15, 0.2) is 12.2 Å². The van der Waals surface area contributed by atoms with Gasteiger partial charge < -0.3 is 14.9 Å². The molecule has 0 amide bonds. The molecule has 0 spiro atoms. The normalized spacial score (nSPS) is 9.81. The maximum atomic E-state index is 11.1. The molecule has 0 aliphatic carbocycles. The number of carboxylic acid groups (broad SMARTS) is 1. The Morgan fingerprint density at radius 1 is 1.12 bits per heavy atom. The summed E-state index contributed by atoms with van der Waals surface area (Å²) < 4.78 is 4.82. The Labute approximate surface area is 94.7 Å². The van der Waals surface area contributed by atoms with Gasteiger partial charge in [-0.2, -0.15) is 0 Å². The van der Waals surface area contributed by atoms with Gasteiger partial charge in [-0.3, -0.25) is 4.79 Å². The molecular weight excluding hydrogens is 212 g/mol. The molecule has 0 aromatic carbocycles. The smallest absolute Gasteiger partial charge is 0.331 e. The maximum absolute atomic E-state index is 11.1. The van der Waals surface area contributed by atoms with Gasteiger partial charge in [0.05, 0.1) is 13.0 Å². The molecule has 0 aliphatic heterocycles. The molecule has 0 saturated heterocycles. The molecule has 0 heterocycles. The highest BCUT2D eigenvalue weighted by Gasteiger charge is 2.10. The molecule has 0 saturated carbocycles. The first-order valence-electron chi connectivity index (χ1n) is 5.25. The number of rotatable bonds is 9. The number of aliphatic hydroxyl groups excluding tert-OH is 1. The van der Waals surface area contributed by atoms with Gasteiger partial charge in [0, 0.05) is 12.2 Å². The van der Waals surface area contributed by atoms with Crippen molar-refractivity contribution in [3.05, 3.63) is 12.2 Å². The van der Waals surface area contributed by atoms with Crippen LogP contribution < -0.4 is 0 Å². The third kappa shape index (κ3) is 7.99. The zero-order valence-electron chi connectivity index (χ0n) is 9.28. The molecular formula is C11H18O5. The van der Waals surface area contributed by atoms with Crippen molar-refractivity contribution in [1.29, 1.82) is 0 Å². The van der Waals surface area contributed by atoms with Gasteiger partial charge in [0.2, 0.25) is 0 Å². The molecule has 0 bridgehead atoms. The van der Waals surface area contributed by atoms with Crippen molar-refractivity contribution < 1.29 is 24.5 Å². The number of aliphatic carboxylic acids is 1. The molecule has 0 aromatic heterocycles. The second-order valence-electron chi connectivity index (χ2n) is 3.44. The Morgan fingerprint density at radius 3 is 2.31 bits per heavy atom. The Kier molecular flexibility index (Phi) is 8.15. The van der Waals surface area contributed by atoms with Crippen molar-refractivity contribution >= 4 is 11.9 Å². The predicted octanol–water partition coefficient (Wildman–Crippen LogP) is 1.11. The fraction of sp³-hybridized carbons (Fsp3) is 0.636. The molecule has 2 N–H and O–H groups in total. The summed E-state index contributed by atoms with van der Waals surface area (Å²) in [6.07, 6.45) is 2.99. The molecule has 0 rings (SSSR count). The summed E-state index contributed by atoms with van der Waals surface area (Å²) in [6, 6.07) is 0. The minimum atomic E-state index is -1.18. The first-order chi connectivity index (χ1) is 7.57. The van der Waals surface area contributed by atoms with E-state index in [0.29, 0.717) is 0 Å². The quantitative estimate of drug-likeness (QED) is 0.352. The zero-order chi connectivity index (χ0) is 12.4. The van der Waals surface area contributed by atoms with Gasteiger partial charge in [-0.1, -0.05) is 13.0 Å². The molecule has 16 heavy (non-hydrogen) atoms. The van der Waals surface area contributed by atoms with Gasteiger partial charge in [0.25, 0.3) is 0 Å². The average Bonchev–Trinajstić information content (AvgIpc) is 2.23. The minimum Gasteiger partial charge on any atom is -0.478 e. The van der Waals surface area contributed by atoms with Crippen LogP contribution >= 0.6 is 0 Å². The van der Waals surface area contributed by atoms with Crippen molar-refractivity contribution in [1.82, 2.24) is 0 Å². The van der Waals surface area contributed by atoms with Crippen LogP contribution in [0.1, 0.15) is 32.1 Å². The molecule has 5 nitrogen and oxygen atoms in total. The van der Waals surface area contributed by atoms with Crippen molar-refractivity contribution in [2.45, 2.75) is 32.1 Å². The highest BCUT2D eigenvalue weighted by atomic mass is 16.5. The van der Waals surface area contributed by atoms with Crippen LogP contribution in [0.2, 0.25) is 0 Å². The maximum Gasteiger partial charge on any atom is 0.331 e. The van der Waals surface area contributed by atoms with E-state index < -0.39 is 11.9 Å². The van der Waals surface area contributed by atoms with Crippen molar-refractivity contribution in [2.75, 3.05) is 13.2 Å². The monoisotopic (exact) mass is 230 g/mol. The van der Waals surface area contributed by atoms with Crippen molar-refractivity contribution in [3.8, 4) is 0 Å². The Balaban J connectivity index is 3.44. The third-order valence-electron chi connectivity index (χ3n) is 1.98. The number of hydrogen-bond donors (Lipinski definition) is 2. The number of hydrogen-bond acceptors (Lipinski definition) is 4. The number of aliphatic hydroxyl groups is 1. The second-order valence-corrected chi connectivity index (χ2v) is 3.44. The van der Waals surface area contributed by atoms with Crippen LogP contribution in [-0.2, 0) is 14.3 Å². The molecule has 92 valence electrons. The lowest BCUT2D eigenvalue weighted by molar-refractivity contribution is -0.144. The minimum absolute atomic E-state index is 0.162. The first kappa shape index (κ1) is 14.6. The molecule has 0 fully saturated rings. The summed E-state index contributed by atoms with van der Waals surface area (Å²) in [5.74, 6) is -1.74. The first-order valence-corrected chi connectivity index (χ1v) is 5.25. The lowest BCUT2D eigenvalue weighted by Crippen LogP contribution is -2.10. The highest BCUT2D eigenvalue weighted by Crippen LogP contribution is 2.03. The zero-order valence-corrected chi connectivity index (χ0v) is 9.28. The molecule has 0 unspecified atom stereocenters. The Hall–Kier alpha value is -1.36. The van der Waals surface area contributed by atoms with E-state index in [1.54, 1.807) is 0 Å². The van der Waals surface area contributed by atoms with Crippen LogP contribution in [0.25, 0.3) is 0 Å². The summed E-state index contributed by atoms with van der Waals surface area (Å²) in [4.78, 5) is 21.4. The van der Waals surface area contributed by atoms with E-state index in [4.69, 9.17) is 14.9 Å². The molecule has 0 aromatic rings. The summed E-state index contributed by atoms with van der Waals surface area (Å²) in [6.45, 7) is 3.70. The van der Waals surface area contributed by atoms with Crippen LogP contribution in [0.3, 0.4) is 0 Å². The van der Waals surface area contributed by atoms with E-state index in [1.807, 2.05) is 0 Å². The SMILES string of the molecule is C=C(CC(=O)OCCCCCCO)C(=O)O. The van der Waals surface area contributed by atoms with Gasteiger partial charge in [-0.25, -0.2) is 4.79 Å².